The smallest absolute Gasteiger partial charge is 0.497 e. The fourth-order valence-electron chi connectivity index (χ4n) is 5.23. The summed E-state index contributed by atoms with van der Waals surface area (Å²) in [4.78, 5) is 1.58. The summed E-state index contributed by atoms with van der Waals surface area (Å²) in [6.45, 7) is -0.397. The van der Waals surface area contributed by atoms with Crippen molar-refractivity contribution >= 4 is 31.0 Å². The topological polar surface area (TPSA) is 108 Å². The van der Waals surface area contributed by atoms with E-state index in [9.17, 15) is 43.2 Å². The number of hydrogen-bond acceptors (Lipinski definition) is 9. The molecule has 1 atom stereocenters. The molecule has 0 N–H and O–H groups in total. The summed E-state index contributed by atoms with van der Waals surface area (Å²) in [6, 6.07) is 16.2. The molecule has 0 bridgehead atoms. The summed E-state index contributed by atoms with van der Waals surface area (Å²) in [7, 11) is -9.61. The van der Waals surface area contributed by atoms with Crippen molar-refractivity contribution in [2.75, 3.05) is 14.2 Å². The molecule has 0 radical (unpaired) electrons. The molecule has 17 heteroatoms. The van der Waals surface area contributed by atoms with Gasteiger partial charge in [0.2, 0.25) is 0 Å². The van der Waals surface area contributed by atoms with Crippen molar-refractivity contribution < 1.29 is 61.0 Å². The molecule has 0 amide bonds. The highest BCUT2D eigenvalue weighted by molar-refractivity contribution is 7.88. The summed E-state index contributed by atoms with van der Waals surface area (Å²) in [5.41, 5.74) is -11.0. The molecule has 246 valence electrons. The van der Waals surface area contributed by atoms with Crippen LogP contribution in [0.3, 0.4) is 0 Å². The lowest BCUT2D eigenvalue weighted by Crippen LogP contribution is -2.35. The molecular weight excluding hydrogens is 668 g/mol. The van der Waals surface area contributed by atoms with E-state index in [1.54, 1.807) is 53.4 Å². The maximum absolute atomic E-state index is 13.5. The van der Waals surface area contributed by atoms with Crippen LogP contribution in [-0.4, -0.2) is 47.0 Å². The molecular formula is C29H23F6NO8S2. The lowest BCUT2D eigenvalue weighted by Gasteiger charge is -2.39. The molecule has 0 aromatic heterocycles. The van der Waals surface area contributed by atoms with Gasteiger partial charge in [-0.25, -0.2) is 0 Å². The van der Waals surface area contributed by atoms with Crippen LogP contribution in [0.2, 0.25) is 0 Å². The lowest BCUT2D eigenvalue weighted by molar-refractivity contribution is -0.0504. The number of nitrogens with zero attached hydrogens (tertiary/aromatic N) is 1. The molecule has 46 heavy (non-hydrogen) atoms. The molecule has 0 unspecified atom stereocenters. The Kier molecular flexibility index (Phi) is 8.54. The molecule has 0 aliphatic carbocycles. The average Bonchev–Trinajstić information content (AvgIpc) is 2.98. The van der Waals surface area contributed by atoms with Gasteiger partial charge in [-0.2, -0.15) is 43.2 Å². The lowest BCUT2D eigenvalue weighted by atomic mass is 9.85. The monoisotopic (exact) mass is 691 g/mol. The maximum Gasteiger partial charge on any atom is 0.534 e. The van der Waals surface area contributed by atoms with Crippen LogP contribution in [0.1, 0.15) is 28.3 Å². The Morgan fingerprint density at radius 3 is 1.89 bits per heavy atom. The Morgan fingerprint density at radius 2 is 1.33 bits per heavy atom. The summed E-state index contributed by atoms with van der Waals surface area (Å²) < 4.78 is 149. The minimum absolute atomic E-state index is 0.0449. The normalized spacial score (nSPS) is 15.9. The van der Waals surface area contributed by atoms with Crippen molar-refractivity contribution in [3.8, 4) is 23.0 Å². The number of hydrogen-bond donors (Lipinski definition) is 0. The average molecular weight is 692 g/mol. The van der Waals surface area contributed by atoms with Crippen LogP contribution >= 0.6 is 0 Å². The molecule has 0 saturated heterocycles. The number of benzene rings is 4. The molecule has 0 fully saturated rings. The van der Waals surface area contributed by atoms with Gasteiger partial charge in [0, 0.05) is 35.8 Å². The highest BCUT2D eigenvalue weighted by atomic mass is 32.2. The molecule has 1 heterocycles. The quantitative estimate of drug-likeness (QED) is 0.112. The number of rotatable bonds is 9. The van der Waals surface area contributed by atoms with Gasteiger partial charge in [-0.3, -0.25) is 4.90 Å². The fraction of sp³-hybridized carbons (Fsp3) is 0.241. The summed E-state index contributed by atoms with van der Waals surface area (Å²) in [5, 5.41) is 0.192. The highest BCUT2D eigenvalue weighted by Crippen LogP contribution is 2.50. The zero-order chi connectivity index (χ0) is 33.7. The van der Waals surface area contributed by atoms with Gasteiger partial charge in [0.05, 0.1) is 20.3 Å². The molecule has 0 saturated carbocycles. The van der Waals surface area contributed by atoms with Crippen molar-refractivity contribution in [2.45, 2.75) is 30.1 Å². The summed E-state index contributed by atoms with van der Waals surface area (Å²) in [5.74, 6) is -0.798. The third kappa shape index (κ3) is 6.13. The minimum atomic E-state index is -6.23. The fourth-order valence-corrected chi connectivity index (χ4v) is 6.19. The summed E-state index contributed by atoms with van der Waals surface area (Å²) in [6.07, 6.45) is 0. The van der Waals surface area contributed by atoms with Crippen molar-refractivity contribution in [2.24, 2.45) is 0 Å². The Hall–Kier alpha value is -4.22. The van der Waals surface area contributed by atoms with Gasteiger partial charge in [0.25, 0.3) is 0 Å². The van der Waals surface area contributed by atoms with E-state index in [4.69, 9.17) is 9.47 Å². The van der Waals surface area contributed by atoms with Gasteiger partial charge in [-0.15, -0.1) is 0 Å². The van der Waals surface area contributed by atoms with Gasteiger partial charge in [0.1, 0.15) is 23.0 Å². The SMILES string of the molecule is COc1ccc(CN2Cc3c(OS(=O)(=O)C(F)(F)F)ccc4ccc(OS(=O)(=O)C(F)(F)F)c(c34)[C@H]2c2ccccc2)c(OC)c1. The van der Waals surface area contributed by atoms with Crippen molar-refractivity contribution in [3.63, 3.8) is 0 Å². The first-order valence-electron chi connectivity index (χ1n) is 13.1. The minimum Gasteiger partial charge on any atom is -0.497 e. The number of alkyl halides is 6. The Labute approximate surface area is 259 Å². The van der Waals surface area contributed by atoms with E-state index in [-0.39, 0.29) is 35.0 Å². The van der Waals surface area contributed by atoms with Gasteiger partial charge in [-0.1, -0.05) is 48.5 Å². The van der Waals surface area contributed by atoms with E-state index in [1.807, 2.05) is 0 Å². The van der Waals surface area contributed by atoms with Gasteiger partial charge in [0.15, 0.2) is 0 Å². The van der Waals surface area contributed by atoms with E-state index in [0.717, 1.165) is 12.1 Å². The standard InChI is InChI=1S/C29H23F6NO8S2/c1-41-20-11-8-19(24(14-20)42-2)15-36-16-21-22(43-45(37,38)28(30,31)32)12-9-17-10-13-23(44-46(39,40)29(33,34)35)26(25(17)21)27(36)18-6-4-3-5-7-18/h3-14,27H,15-16H2,1-2H3/t27-/m1/s1. The first kappa shape index (κ1) is 33.2. The van der Waals surface area contributed by atoms with Crippen LogP contribution in [0, 0.1) is 0 Å². The third-order valence-electron chi connectivity index (χ3n) is 7.20. The van der Waals surface area contributed by atoms with Crippen LogP contribution in [-0.2, 0) is 33.3 Å². The van der Waals surface area contributed by atoms with E-state index in [2.05, 4.69) is 8.37 Å². The first-order valence-corrected chi connectivity index (χ1v) is 15.9. The summed E-state index contributed by atoms with van der Waals surface area (Å²) >= 11 is 0. The molecule has 1 aliphatic heterocycles. The number of halogens is 6. The third-order valence-corrected chi connectivity index (χ3v) is 9.13. The maximum atomic E-state index is 13.5. The van der Waals surface area contributed by atoms with Crippen LogP contribution in [0.25, 0.3) is 10.8 Å². The molecule has 0 spiro atoms. The van der Waals surface area contributed by atoms with Gasteiger partial charge in [-0.05, 0) is 34.5 Å². The van der Waals surface area contributed by atoms with E-state index in [0.29, 0.717) is 22.6 Å². The van der Waals surface area contributed by atoms with Crippen LogP contribution in [0.5, 0.6) is 23.0 Å². The van der Waals surface area contributed by atoms with Crippen LogP contribution < -0.4 is 17.8 Å². The van der Waals surface area contributed by atoms with Crippen LogP contribution in [0.4, 0.5) is 26.3 Å². The van der Waals surface area contributed by atoms with Crippen molar-refractivity contribution in [1.29, 1.82) is 0 Å². The molecule has 4 aromatic carbocycles. The predicted octanol–water partition coefficient (Wildman–Crippen LogP) is 6.42. The van der Waals surface area contributed by atoms with Gasteiger partial charge >= 0.3 is 31.3 Å². The highest BCUT2D eigenvalue weighted by Gasteiger charge is 2.50. The second-order valence-corrected chi connectivity index (χ2v) is 13.1. The van der Waals surface area contributed by atoms with E-state index >= 15 is 0 Å². The Bertz CT molecular complexity index is 2000. The second kappa shape index (κ2) is 11.9. The van der Waals surface area contributed by atoms with E-state index in [1.165, 1.54) is 26.4 Å². The molecule has 5 rings (SSSR count). The zero-order valence-corrected chi connectivity index (χ0v) is 25.4. The largest absolute Gasteiger partial charge is 0.534 e. The van der Waals surface area contributed by atoms with Crippen molar-refractivity contribution in [3.05, 3.63) is 95.1 Å². The zero-order valence-electron chi connectivity index (χ0n) is 23.7. The predicted molar refractivity (Wildman–Crippen MR) is 152 cm³/mol. The number of methoxy groups -OCH3 is 2. The molecule has 4 aromatic rings. The molecule has 9 nitrogen and oxygen atoms in total. The molecule has 1 aliphatic rings. The Morgan fingerprint density at radius 1 is 0.739 bits per heavy atom. The van der Waals surface area contributed by atoms with E-state index < -0.39 is 48.8 Å². The van der Waals surface area contributed by atoms with Gasteiger partial charge < -0.3 is 17.8 Å². The Balaban J connectivity index is 1.81. The number of ether oxygens (including phenoxy) is 2. The first-order chi connectivity index (χ1) is 21.5. The van der Waals surface area contributed by atoms with Crippen molar-refractivity contribution in [1.82, 2.24) is 4.90 Å². The second-order valence-electron chi connectivity index (χ2n) is 9.98. The van der Waals surface area contributed by atoms with Crippen LogP contribution in [0.15, 0.2) is 72.8 Å².